The van der Waals surface area contributed by atoms with Crippen LogP contribution in [0.25, 0.3) is 0 Å². The van der Waals surface area contributed by atoms with E-state index >= 15 is 0 Å². The minimum Gasteiger partial charge on any atom is -0.425 e. The molecule has 3 atom stereocenters. The average Bonchev–Trinajstić information content (AvgIpc) is 3.13. The monoisotopic (exact) mass is 410 g/mol. The second-order valence-corrected chi connectivity index (χ2v) is 10.4. The van der Waals surface area contributed by atoms with E-state index < -0.39 is 0 Å². The lowest BCUT2D eigenvalue weighted by Gasteiger charge is -2.38. The summed E-state index contributed by atoms with van der Waals surface area (Å²) in [7, 11) is 2.21. The van der Waals surface area contributed by atoms with E-state index in [2.05, 4.69) is 80.8 Å². The molecule has 1 aliphatic carbocycles. The fourth-order valence-electron chi connectivity index (χ4n) is 4.56. The smallest absolute Gasteiger partial charge is 0.221 e. The van der Waals surface area contributed by atoms with E-state index in [9.17, 15) is 0 Å². The molecule has 0 spiro atoms. The van der Waals surface area contributed by atoms with E-state index in [1.54, 1.807) is 0 Å². The molecule has 5 nitrogen and oxygen atoms in total. The molecule has 0 saturated carbocycles. The lowest BCUT2D eigenvalue weighted by molar-refractivity contribution is 0.172. The first-order chi connectivity index (χ1) is 14.1. The Balaban J connectivity index is 1.69. The van der Waals surface area contributed by atoms with Crippen LogP contribution in [0.1, 0.15) is 65.3 Å². The van der Waals surface area contributed by atoms with Crippen molar-refractivity contribution in [3.05, 3.63) is 53.5 Å². The molecule has 3 unspecified atom stereocenters. The molecule has 3 rings (SSSR count). The Morgan fingerprint density at radius 3 is 2.60 bits per heavy atom. The molecule has 0 radical (unpaired) electrons. The van der Waals surface area contributed by atoms with Gasteiger partial charge in [-0.1, -0.05) is 52.3 Å². The minimum absolute atomic E-state index is 0.104. The van der Waals surface area contributed by atoms with Gasteiger partial charge in [-0.3, -0.25) is 4.98 Å². The summed E-state index contributed by atoms with van der Waals surface area (Å²) in [6.45, 7) is 15.3. The first kappa shape index (κ1) is 22.7. The van der Waals surface area contributed by atoms with Crippen molar-refractivity contribution in [1.29, 1.82) is 0 Å². The summed E-state index contributed by atoms with van der Waals surface area (Å²) in [6, 6.07) is 4.16. The predicted molar refractivity (Wildman–Crippen MR) is 121 cm³/mol. The Hall–Kier alpha value is -2.01. The van der Waals surface area contributed by atoms with Crippen molar-refractivity contribution in [2.24, 2.45) is 23.7 Å². The number of hydrogen-bond donors (Lipinski definition) is 0. The van der Waals surface area contributed by atoms with Gasteiger partial charge in [-0.25, -0.2) is 0 Å². The van der Waals surface area contributed by atoms with E-state index in [1.165, 1.54) is 17.6 Å². The van der Waals surface area contributed by atoms with E-state index in [-0.39, 0.29) is 5.41 Å². The number of aromatic nitrogens is 3. The van der Waals surface area contributed by atoms with Gasteiger partial charge in [-0.2, -0.15) is 0 Å². The third-order valence-electron chi connectivity index (χ3n) is 6.31. The standard InChI is InChI=1S/C25H38N4O/c1-17(2)22-12-20(13-23-27-28-24(30-23)25(4,5)6)18(3)11-21(22)16-29(7)15-19-9-8-10-26-14-19/h8-11,14,17,20-22H,12-13,15-16H2,1-7H3. The van der Waals surface area contributed by atoms with Gasteiger partial charge in [-0.15, -0.1) is 10.2 Å². The molecule has 0 bridgehead atoms. The van der Waals surface area contributed by atoms with Gasteiger partial charge in [0.2, 0.25) is 11.8 Å². The van der Waals surface area contributed by atoms with E-state index in [0.717, 1.165) is 31.3 Å². The predicted octanol–water partition coefficient (Wildman–Crippen LogP) is 5.29. The number of allylic oxidation sites excluding steroid dienone is 1. The van der Waals surface area contributed by atoms with Crippen LogP contribution in [0, 0.1) is 23.7 Å². The highest BCUT2D eigenvalue weighted by molar-refractivity contribution is 5.15. The summed E-state index contributed by atoms with van der Waals surface area (Å²) in [5, 5.41) is 8.62. The van der Waals surface area contributed by atoms with E-state index in [4.69, 9.17) is 4.42 Å². The molecule has 164 valence electrons. The zero-order valence-electron chi connectivity index (χ0n) is 19.7. The van der Waals surface area contributed by atoms with Crippen LogP contribution >= 0.6 is 0 Å². The zero-order valence-corrected chi connectivity index (χ0v) is 19.7. The van der Waals surface area contributed by atoms with Crippen LogP contribution in [0.5, 0.6) is 0 Å². The number of rotatable bonds is 7. The zero-order chi connectivity index (χ0) is 21.9. The normalized spacial score (nSPS) is 22.6. The van der Waals surface area contributed by atoms with Crippen LogP contribution < -0.4 is 0 Å². The molecular weight excluding hydrogens is 372 g/mol. The summed E-state index contributed by atoms with van der Waals surface area (Å²) in [5.41, 5.74) is 2.62. The van der Waals surface area contributed by atoms with Crippen LogP contribution in [-0.2, 0) is 18.4 Å². The van der Waals surface area contributed by atoms with Crippen molar-refractivity contribution in [3.63, 3.8) is 0 Å². The second-order valence-electron chi connectivity index (χ2n) is 10.4. The Kier molecular flexibility index (Phi) is 7.12. The largest absolute Gasteiger partial charge is 0.425 e. The fourth-order valence-corrected chi connectivity index (χ4v) is 4.56. The van der Waals surface area contributed by atoms with Crippen LogP contribution in [0.4, 0.5) is 0 Å². The SMILES string of the molecule is CC1=CC(CN(C)Cc2cccnc2)C(C(C)C)CC1Cc1nnc(C(C)(C)C)o1. The highest BCUT2D eigenvalue weighted by atomic mass is 16.4. The molecule has 30 heavy (non-hydrogen) atoms. The first-order valence-corrected chi connectivity index (χ1v) is 11.2. The van der Waals surface area contributed by atoms with E-state index in [1.807, 2.05) is 18.5 Å². The number of pyridine rings is 1. The Bertz CT molecular complexity index is 834. The van der Waals surface area contributed by atoms with Crippen molar-refractivity contribution in [1.82, 2.24) is 20.1 Å². The molecule has 2 aromatic heterocycles. The van der Waals surface area contributed by atoms with Crippen molar-refractivity contribution in [2.45, 2.75) is 66.3 Å². The van der Waals surface area contributed by atoms with Gasteiger partial charge in [0.1, 0.15) is 0 Å². The summed E-state index contributed by atoms with van der Waals surface area (Å²) in [4.78, 5) is 6.67. The topological polar surface area (TPSA) is 55.1 Å². The van der Waals surface area contributed by atoms with Gasteiger partial charge in [0.15, 0.2) is 0 Å². The molecule has 5 heteroatoms. The lowest BCUT2D eigenvalue weighted by atomic mass is 9.69. The molecule has 0 amide bonds. The van der Waals surface area contributed by atoms with Crippen molar-refractivity contribution in [3.8, 4) is 0 Å². The summed E-state index contributed by atoms with van der Waals surface area (Å²) in [5.74, 6) is 3.83. The lowest BCUT2D eigenvalue weighted by Crippen LogP contribution is -2.35. The van der Waals surface area contributed by atoms with E-state index in [0.29, 0.717) is 23.7 Å². The van der Waals surface area contributed by atoms with Crippen LogP contribution in [0.2, 0.25) is 0 Å². The third kappa shape index (κ3) is 5.78. The minimum atomic E-state index is -0.104. The van der Waals surface area contributed by atoms with Crippen LogP contribution in [0.15, 0.2) is 40.6 Å². The molecule has 0 aliphatic heterocycles. The molecule has 0 saturated heterocycles. The maximum Gasteiger partial charge on any atom is 0.221 e. The molecule has 1 aliphatic rings. The molecular formula is C25H38N4O. The summed E-state index contributed by atoms with van der Waals surface area (Å²) in [6.07, 6.45) is 8.33. The molecule has 2 aromatic rings. The van der Waals surface area contributed by atoms with Crippen molar-refractivity contribution >= 4 is 0 Å². The van der Waals surface area contributed by atoms with Crippen LogP contribution in [0.3, 0.4) is 0 Å². The van der Waals surface area contributed by atoms with Gasteiger partial charge < -0.3 is 9.32 Å². The highest BCUT2D eigenvalue weighted by Crippen LogP contribution is 2.39. The van der Waals surface area contributed by atoms with Crippen molar-refractivity contribution < 1.29 is 4.42 Å². The van der Waals surface area contributed by atoms with Gasteiger partial charge in [-0.05, 0) is 55.7 Å². The maximum absolute atomic E-state index is 5.99. The van der Waals surface area contributed by atoms with Gasteiger partial charge >= 0.3 is 0 Å². The number of hydrogen-bond acceptors (Lipinski definition) is 5. The van der Waals surface area contributed by atoms with Gasteiger partial charge in [0.25, 0.3) is 0 Å². The van der Waals surface area contributed by atoms with Crippen molar-refractivity contribution in [2.75, 3.05) is 13.6 Å². The Morgan fingerprint density at radius 1 is 1.23 bits per heavy atom. The summed E-state index contributed by atoms with van der Waals surface area (Å²) < 4.78 is 5.99. The second kappa shape index (κ2) is 9.42. The van der Waals surface area contributed by atoms with Gasteiger partial charge in [0, 0.05) is 37.3 Å². The maximum atomic E-state index is 5.99. The Morgan fingerprint density at radius 2 is 2.00 bits per heavy atom. The number of nitrogens with zero attached hydrogens (tertiary/aromatic N) is 4. The molecule has 2 heterocycles. The quantitative estimate of drug-likeness (QED) is 0.580. The fraction of sp³-hybridized carbons (Fsp3) is 0.640. The van der Waals surface area contributed by atoms with Crippen LogP contribution in [-0.4, -0.2) is 33.7 Å². The first-order valence-electron chi connectivity index (χ1n) is 11.2. The molecule has 0 N–H and O–H groups in total. The Labute approximate surface area is 182 Å². The molecule has 0 fully saturated rings. The highest BCUT2D eigenvalue weighted by Gasteiger charge is 2.33. The molecule has 0 aromatic carbocycles. The summed E-state index contributed by atoms with van der Waals surface area (Å²) >= 11 is 0. The average molecular weight is 411 g/mol. The third-order valence-corrected chi connectivity index (χ3v) is 6.31. The van der Waals surface area contributed by atoms with Gasteiger partial charge in [0.05, 0.1) is 0 Å².